The number of aliphatic carboxylic acids is 1. The zero-order valence-corrected chi connectivity index (χ0v) is 21.0. The molecule has 17 N–H and O–H groups in total. The van der Waals surface area contributed by atoms with Gasteiger partial charge in [0.1, 0.15) is 18.1 Å². The van der Waals surface area contributed by atoms with Crippen molar-refractivity contribution < 1.29 is 34.2 Å². The second-order valence-corrected chi connectivity index (χ2v) is 8.21. The summed E-state index contributed by atoms with van der Waals surface area (Å²) >= 11 is 0. The van der Waals surface area contributed by atoms with E-state index >= 15 is 0 Å². The smallest absolute Gasteiger partial charge is 0.326 e. The number of rotatable bonds is 19. The molecule has 0 aliphatic carbocycles. The number of amides is 4. The van der Waals surface area contributed by atoms with Crippen LogP contribution in [0.4, 0.5) is 0 Å². The number of carbonyl (C=O) groups is 5. The number of nitrogens with two attached hydrogens (primary N) is 6. The van der Waals surface area contributed by atoms with E-state index < -0.39 is 60.4 Å². The largest absolute Gasteiger partial charge is 0.480 e. The number of hydrogen-bond donors (Lipinski definition) is 11. The topological polar surface area (TPSA) is 343 Å². The van der Waals surface area contributed by atoms with Crippen molar-refractivity contribution in [2.24, 2.45) is 44.4 Å². The Labute approximate surface area is 219 Å². The third-order valence-electron chi connectivity index (χ3n) is 4.99. The van der Waals surface area contributed by atoms with E-state index in [9.17, 15) is 34.2 Å². The van der Waals surface area contributed by atoms with Crippen molar-refractivity contribution in [1.29, 1.82) is 0 Å². The molecule has 0 saturated heterocycles. The van der Waals surface area contributed by atoms with Crippen molar-refractivity contribution in [2.45, 2.75) is 62.7 Å². The van der Waals surface area contributed by atoms with Crippen molar-refractivity contribution in [2.75, 3.05) is 19.7 Å². The predicted octanol–water partition coefficient (Wildman–Crippen LogP) is -5.78. The van der Waals surface area contributed by atoms with Crippen LogP contribution in [-0.2, 0) is 24.0 Å². The van der Waals surface area contributed by atoms with E-state index in [1.54, 1.807) is 0 Å². The molecule has 0 bridgehead atoms. The minimum atomic E-state index is -1.54. The first-order chi connectivity index (χ1) is 17.8. The van der Waals surface area contributed by atoms with E-state index in [4.69, 9.17) is 34.4 Å². The fourth-order valence-electron chi connectivity index (χ4n) is 2.98. The molecule has 216 valence electrons. The van der Waals surface area contributed by atoms with Gasteiger partial charge >= 0.3 is 5.97 Å². The molecular weight excluding hydrogens is 506 g/mol. The van der Waals surface area contributed by atoms with E-state index in [1.165, 1.54) is 0 Å². The summed E-state index contributed by atoms with van der Waals surface area (Å²) < 4.78 is 0. The molecule has 0 aliphatic rings. The Hall–Kier alpha value is -4.19. The second-order valence-electron chi connectivity index (χ2n) is 8.21. The summed E-state index contributed by atoms with van der Waals surface area (Å²) in [6, 6.07) is -5.26. The maximum atomic E-state index is 12.9. The molecule has 38 heavy (non-hydrogen) atoms. The zero-order chi connectivity index (χ0) is 29.3. The minimum Gasteiger partial charge on any atom is -0.480 e. The zero-order valence-electron chi connectivity index (χ0n) is 21.0. The summed E-state index contributed by atoms with van der Waals surface area (Å²) in [6.45, 7) is -0.616. The first-order valence-electron chi connectivity index (χ1n) is 11.7. The summed E-state index contributed by atoms with van der Waals surface area (Å²) in [5.41, 5.74) is 31.8. The van der Waals surface area contributed by atoms with Gasteiger partial charge in [-0.25, -0.2) is 4.79 Å². The average Bonchev–Trinajstić information content (AvgIpc) is 2.83. The highest BCUT2D eigenvalue weighted by atomic mass is 16.4. The van der Waals surface area contributed by atoms with Crippen LogP contribution in [0.25, 0.3) is 0 Å². The first-order valence-corrected chi connectivity index (χ1v) is 11.7. The molecule has 18 heteroatoms. The second kappa shape index (κ2) is 18.1. The normalized spacial score (nSPS) is 13.6. The fraction of sp³-hybridized carbons (Fsp3) is 0.650. The molecule has 0 heterocycles. The van der Waals surface area contributed by atoms with Gasteiger partial charge in [0.25, 0.3) is 0 Å². The van der Waals surface area contributed by atoms with Gasteiger partial charge in [0.05, 0.1) is 12.6 Å². The van der Waals surface area contributed by atoms with E-state index in [0.717, 1.165) is 0 Å². The Morgan fingerprint density at radius 3 is 1.58 bits per heavy atom. The van der Waals surface area contributed by atoms with Crippen LogP contribution in [0.1, 0.15) is 38.5 Å². The molecule has 0 aromatic heterocycles. The van der Waals surface area contributed by atoms with Crippen LogP contribution in [-0.4, -0.2) is 95.6 Å². The Bertz CT molecular complexity index is 873. The highest BCUT2D eigenvalue weighted by Crippen LogP contribution is 2.04. The molecule has 0 spiro atoms. The number of carbonyl (C=O) groups excluding carboxylic acids is 4. The predicted molar refractivity (Wildman–Crippen MR) is 137 cm³/mol. The van der Waals surface area contributed by atoms with E-state index in [0.29, 0.717) is 0 Å². The van der Waals surface area contributed by atoms with Gasteiger partial charge in [0.2, 0.25) is 23.6 Å². The molecular formula is C20H39N11O7. The van der Waals surface area contributed by atoms with Gasteiger partial charge < -0.3 is 60.6 Å². The summed E-state index contributed by atoms with van der Waals surface area (Å²) in [5, 5.41) is 26.0. The van der Waals surface area contributed by atoms with Crippen molar-refractivity contribution in [3.05, 3.63) is 0 Å². The van der Waals surface area contributed by atoms with Crippen LogP contribution in [0.15, 0.2) is 9.98 Å². The third-order valence-corrected chi connectivity index (χ3v) is 4.99. The Balaban J connectivity index is 5.34. The van der Waals surface area contributed by atoms with Crippen LogP contribution in [0.3, 0.4) is 0 Å². The first kappa shape index (κ1) is 33.8. The quantitative estimate of drug-likeness (QED) is 0.0410. The maximum Gasteiger partial charge on any atom is 0.326 e. The molecule has 0 saturated carbocycles. The van der Waals surface area contributed by atoms with E-state index in [2.05, 4.69) is 25.9 Å². The molecule has 0 aromatic rings. The summed E-state index contributed by atoms with van der Waals surface area (Å²) in [7, 11) is 0. The number of aliphatic hydroxyl groups is 1. The van der Waals surface area contributed by atoms with E-state index in [1.807, 2.05) is 0 Å². The number of aliphatic hydroxyl groups excluding tert-OH is 1. The number of primary amides is 1. The molecule has 0 fully saturated rings. The molecule has 0 aliphatic heterocycles. The molecule has 4 amide bonds. The lowest BCUT2D eigenvalue weighted by Crippen LogP contribution is -2.58. The van der Waals surface area contributed by atoms with Crippen molar-refractivity contribution in [3.8, 4) is 0 Å². The lowest BCUT2D eigenvalue weighted by molar-refractivity contribution is -0.142. The number of carboxylic acids is 1. The molecule has 0 radical (unpaired) electrons. The van der Waals surface area contributed by atoms with E-state index in [-0.39, 0.29) is 63.5 Å². The molecule has 0 rings (SSSR count). The minimum absolute atomic E-state index is 0.0131. The van der Waals surface area contributed by atoms with Gasteiger partial charge in [0.15, 0.2) is 11.9 Å². The van der Waals surface area contributed by atoms with Crippen molar-refractivity contribution in [1.82, 2.24) is 16.0 Å². The molecule has 0 aromatic carbocycles. The fourth-order valence-corrected chi connectivity index (χ4v) is 2.98. The lowest BCUT2D eigenvalue weighted by atomic mass is 10.1. The van der Waals surface area contributed by atoms with Gasteiger partial charge in [-0.1, -0.05) is 0 Å². The number of guanidine groups is 2. The summed E-state index contributed by atoms with van der Waals surface area (Å²) in [6.07, 6.45) is 0.227. The van der Waals surface area contributed by atoms with Crippen LogP contribution < -0.4 is 50.4 Å². The highest BCUT2D eigenvalue weighted by molar-refractivity contribution is 5.94. The van der Waals surface area contributed by atoms with Gasteiger partial charge in [0, 0.05) is 19.5 Å². The molecule has 18 nitrogen and oxygen atoms in total. The number of nitrogens with one attached hydrogen (secondary N) is 3. The van der Waals surface area contributed by atoms with Crippen LogP contribution in [0.5, 0.6) is 0 Å². The van der Waals surface area contributed by atoms with Crippen LogP contribution in [0, 0.1) is 0 Å². The van der Waals surface area contributed by atoms with Crippen molar-refractivity contribution in [3.63, 3.8) is 0 Å². The SMILES string of the molecule is NC(=O)CCC(N)C(=O)NC(CCCN=C(N)N)C(=O)NC(CO)C(=O)NC(CCCN=C(N)N)C(=O)O. The summed E-state index contributed by atoms with van der Waals surface area (Å²) in [4.78, 5) is 67.9. The van der Waals surface area contributed by atoms with Crippen molar-refractivity contribution >= 4 is 41.5 Å². The number of carboxylic acid groups (broad SMARTS) is 1. The molecule has 4 atom stereocenters. The standard InChI is InChI=1S/C20H39N11O7/c21-10(5-6-14(22)33)15(34)29-11(3-1-7-27-19(23)24)16(35)31-13(9-32)17(36)30-12(18(37)38)4-2-8-28-20(25)26/h10-13,32H,1-9,21H2,(H2,22,33)(H,29,34)(H,30,36)(H,31,35)(H,37,38)(H4,23,24,27)(H4,25,26,28). The summed E-state index contributed by atoms with van der Waals surface area (Å²) in [5.74, 6) is -4.94. The number of aliphatic imine (C=N–C) groups is 2. The maximum absolute atomic E-state index is 12.9. The highest BCUT2D eigenvalue weighted by Gasteiger charge is 2.29. The average molecular weight is 546 g/mol. The molecule has 4 unspecified atom stereocenters. The number of nitrogens with zero attached hydrogens (tertiary/aromatic N) is 2. The van der Waals surface area contributed by atoms with Gasteiger partial charge in [-0.05, 0) is 32.1 Å². The Kier molecular flexibility index (Phi) is 16.1. The van der Waals surface area contributed by atoms with Gasteiger partial charge in [-0.3, -0.25) is 29.2 Å². The Morgan fingerprint density at radius 2 is 1.13 bits per heavy atom. The van der Waals surface area contributed by atoms with Crippen LogP contribution >= 0.6 is 0 Å². The van der Waals surface area contributed by atoms with Gasteiger partial charge in [-0.15, -0.1) is 0 Å². The van der Waals surface area contributed by atoms with Crippen LogP contribution in [0.2, 0.25) is 0 Å². The number of hydrogen-bond acceptors (Lipinski definition) is 9. The Morgan fingerprint density at radius 1 is 0.684 bits per heavy atom. The van der Waals surface area contributed by atoms with Gasteiger partial charge in [-0.2, -0.15) is 0 Å². The monoisotopic (exact) mass is 545 g/mol. The third kappa shape index (κ3) is 15.0. The lowest BCUT2D eigenvalue weighted by Gasteiger charge is -2.24.